The van der Waals surface area contributed by atoms with Gasteiger partial charge in [-0.2, -0.15) is 5.26 Å². The van der Waals surface area contributed by atoms with E-state index in [2.05, 4.69) is 31.9 Å². The number of hydrogen-bond acceptors (Lipinski definition) is 3. The lowest BCUT2D eigenvalue weighted by Gasteiger charge is -2.13. The summed E-state index contributed by atoms with van der Waals surface area (Å²) in [6.45, 7) is 0. The highest BCUT2D eigenvalue weighted by Crippen LogP contribution is 2.30. The zero-order valence-corrected chi connectivity index (χ0v) is 13.7. The Morgan fingerprint density at radius 2 is 2.06 bits per heavy atom. The zero-order valence-electron chi connectivity index (χ0n) is 8.16. The first-order valence-electron chi connectivity index (χ1n) is 4.29. The molecule has 2 unspecified atom stereocenters. The number of ketones is 1. The summed E-state index contributed by atoms with van der Waals surface area (Å²) in [5.41, 5.74) is 0.337. The van der Waals surface area contributed by atoms with Crippen LogP contribution < -0.4 is 0 Å². The van der Waals surface area contributed by atoms with Crippen molar-refractivity contribution in [2.45, 2.75) is 8.99 Å². The number of nitrogens with zero attached hydrogens (tertiary/aromatic N) is 1. The second kappa shape index (κ2) is 7.01. The topological polar surface area (TPSA) is 40.9 Å². The Morgan fingerprint density at radius 3 is 2.65 bits per heavy atom. The second-order valence-electron chi connectivity index (χ2n) is 2.95. The Labute approximate surface area is 130 Å². The molecule has 0 aromatic heterocycles. The predicted octanol–water partition coefficient (Wildman–Crippen LogP) is 4.87. The van der Waals surface area contributed by atoms with Crippen LogP contribution in [0.15, 0.2) is 18.2 Å². The number of alkyl halides is 2. The molecule has 17 heavy (non-hydrogen) atoms. The van der Waals surface area contributed by atoms with Gasteiger partial charge in [0.2, 0.25) is 0 Å². The van der Waals surface area contributed by atoms with Crippen LogP contribution >= 0.6 is 66.8 Å². The molecule has 1 aromatic carbocycles. The summed E-state index contributed by atoms with van der Waals surface area (Å²) in [6.07, 6.45) is 0. The van der Waals surface area contributed by atoms with E-state index in [9.17, 15) is 4.79 Å². The van der Waals surface area contributed by atoms with E-state index in [4.69, 9.17) is 28.5 Å². The Balaban J connectivity index is 2.96. The van der Waals surface area contributed by atoms with E-state index in [-0.39, 0.29) is 9.94 Å². The number of carbonyl (C=O) groups excluding carboxylic acids is 1. The van der Waals surface area contributed by atoms with E-state index in [1.54, 1.807) is 12.1 Å². The Bertz CT molecular complexity index is 478. The minimum absolute atomic E-state index is 0.220. The largest absolute Gasteiger partial charge is 0.293 e. The fraction of sp³-hybridized carbons (Fsp3) is 0.200. The molecule has 0 aliphatic rings. The smallest absolute Gasteiger partial charge is 0.180 e. The number of thiocyanates is 1. The molecule has 0 saturated heterocycles. The standard InChI is InChI=1S/C10H5Br2Cl2NOS/c11-8(10(12)17-4-15)9(16)6-3-5(13)1-2-7(6)14/h1-3,8,10H. The first kappa shape index (κ1) is 15.3. The zero-order chi connectivity index (χ0) is 13.0. The molecule has 7 heteroatoms. The number of nitriles is 1. The molecule has 2 nitrogen and oxygen atoms in total. The molecule has 2 atom stereocenters. The van der Waals surface area contributed by atoms with Crippen molar-refractivity contribution in [1.82, 2.24) is 0 Å². The number of benzene rings is 1. The summed E-state index contributed by atoms with van der Waals surface area (Å²) in [5.74, 6) is -0.220. The average molecular weight is 418 g/mol. The third kappa shape index (κ3) is 4.15. The molecule has 0 saturated carbocycles. The SMILES string of the molecule is N#CSC(Br)C(Br)C(=O)c1cc(Cl)ccc1Cl. The van der Waals surface area contributed by atoms with Crippen LogP contribution in [0.5, 0.6) is 0 Å². The van der Waals surface area contributed by atoms with Gasteiger partial charge in [-0.25, -0.2) is 0 Å². The van der Waals surface area contributed by atoms with E-state index < -0.39 is 4.83 Å². The van der Waals surface area contributed by atoms with Crippen molar-refractivity contribution in [3.63, 3.8) is 0 Å². The van der Waals surface area contributed by atoms with E-state index in [1.807, 2.05) is 5.40 Å². The van der Waals surface area contributed by atoms with Gasteiger partial charge in [0.05, 0.1) is 9.18 Å². The quantitative estimate of drug-likeness (QED) is 0.398. The van der Waals surface area contributed by atoms with Gasteiger partial charge in [0.1, 0.15) is 10.2 Å². The molecule has 0 heterocycles. The van der Waals surface area contributed by atoms with Crippen LogP contribution in [0.4, 0.5) is 0 Å². The van der Waals surface area contributed by atoms with Gasteiger partial charge >= 0.3 is 0 Å². The molecular formula is C10H5Br2Cl2NOS. The average Bonchev–Trinajstić information content (AvgIpc) is 2.30. The number of Topliss-reactive ketones (excluding diaryl/α,β-unsaturated/α-hetero) is 1. The van der Waals surface area contributed by atoms with Gasteiger partial charge in [-0.15, -0.1) is 0 Å². The lowest BCUT2D eigenvalue weighted by molar-refractivity contribution is 0.0996. The molecule has 1 rings (SSSR count). The highest BCUT2D eigenvalue weighted by Gasteiger charge is 2.26. The van der Waals surface area contributed by atoms with E-state index in [0.29, 0.717) is 15.6 Å². The van der Waals surface area contributed by atoms with E-state index in [0.717, 1.165) is 11.8 Å². The fourth-order valence-corrected chi connectivity index (χ4v) is 2.85. The molecule has 0 fully saturated rings. The highest BCUT2D eigenvalue weighted by molar-refractivity contribution is 9.13. The molecule has 0 radical (unpaired) electrons. The van der Waals surface area contributed by atoms with Crippen LogP contribution in [-0.2, 0) is 0 Å². The number of rotatable bonds is 4. The van der Waals surface area contributed by atoms with Crippen molar-refractivity contribution in [1.29, 1.82) is 5.26 Å². The predicted molar refractivity (Wildman–Crippen MR) is 79.4 cm³/mol. The van der Waals surface area contributed by atoms with Gasteiger partial charge in [0.25, 0.3) is 0 Å². The molecule has 1 aromatic rings. The van der Waals surface area contributed by atoms with Crippen molar-refractivity contribution >= 4 is 72.6 Å². The van der Waals surface area contributed by atoms with Crippen molar-refractivity contribution in [3.8, 4) is 5.40 Å². The van der Waals surface area contributed by atoms with Gasteiger partial charge in [-0.1, -0.05) is 55.1 Å². The van der Waals surface area contributed by atoms with Crippen LogP contribution in [0.25, 0.3) is 0 Å². The molecular weight excluding hydrogens is 413 g/mol. The minimum Gasteiger partial charge on any atom is -0.293 e. The van der Waals surface area contributed by atoms with Crippen molar-refractivity contribution in [3.05, 3.63) is 33.8 Å². The maximum absolute atomic E-state index is 12.1. The molecule has 0 bridgehead atoms. The Hall–Kier alpha value is 0.270. The lowest BCUT2D eigenvalue weighted by Crippen LogP contribution is -2.22. The Kier molecular flexibility index (Phi) is 6.32. The maximum atomic E-state index is 12.1. The summed E-state index contributed by atoms with van der Waals surface area (Å²) >= 11 is 19.2. The van der Waals surface area contributed by atoms with Crippen molar-refractivity contribution in [2.24, 2.45) is 0 Å². The Morgan fingerprint density at radius 1 is 1.41 bits per heavy atom. The third-order valence-electron chi connectivity index (χ3n) is 1.84. The first-order chi connectivity index (χ1) is 7.97. The molecule has 0 aliphatic heterocycles. The van der Waals surface area contributed by atoms with Gasteiger partial charge in [0, 0.05) is 10.6 Å². The summed E-state index contributed by atoms with van der Waals surface area (Å²) < 4.78 is -0.352. The molecule has 90 valence electrons. The van der Waals surface area contributed by atoms with Crippen LogP contribution in [0.1, 0.15) is 10.4 Å². The lowest BCUT2D eigenvalue weighted by atomic mass is 10.1. The molecule has 0 spiro atoms. The normalized spacial score (nSPS) is 13.8. The van der Waals surface area contributed by atoms with Gasteiger partial charge in [-0.3, -0.25) is 4.79 Å². The summed E-state index contributed by atoms with van der Waals surface area (Å²) in [6, 6.07) is 4.69. The number of hydrogen-bond donors (Lipinski definition) is 0. The van der Waals surface area contributed by atoms with Crippen LogP contribution in [0.2, 0.25) is 10.0 Å². The van der Waals surface area contributed by atoms with Crippen LogP contribution in [0, 0.1) is 10.7 Å². The van der Waals surface area contributed by atoms with Crippen molar-refractivity contribution < 1.29 is 4.79 Å². The summed E-state index contributed by atoms with van der Waals surface area (Å²) in [4.78, 5) is 11.5. The summed E-state index contributed by atoms with van der Waals surface area (Å²) in [5, 5.41) is 11.2. The molecule has 0 N–H and O–H groups in total. The monoisotopic (exact) mass is 415 g/mol. The van der Waals surface area contributed by atoms with E-state index >= 15 is 0 Å². The number of thioether (sulfide) groups is 1. The highest BCUT2D eigenvalue weighted by atomic mass is 79.9. The number of carbonyl (C=O) groups is 1. The van der Waals surface area contributed by atoms with Crippen molar-refractivity contribution in [2.75, 3.05) is 0 Å². The fourth-order valence-electron chi connectivity index (χ4n) is 1.06. The molecule has 0 amide bonds. The van der Waals surface area contributed by atoms with Crippen LogP contribution in [0.3, 0.4) is 0 Å². The van der Waals surface area contributed by atoms with E-state index in [1.165, 1.54) is 6.07 Å². The third-order valence-corrected chi connectivity index (χ3v) is 6.10. The number of halogens is 4. The van der Waals surface area contributed by atoms with Gasteiger partial charge in [0.15, 0.2) is 5.78 Å². The van der Waals surface area contributed by atoms with Gasteiger partial charge in [-0.05, 0) is 30.0 Å². The van der Waals surface area contributed by atoms with Gasteiger partial charge < -0.3 is 0 Å². The van der Waals surface area contributed by atoms with Crippen LogP contribution in [-0.4, -0.2) is 14.8 Å². The second-order valence-corrected chi connectivity index (χ2v) is 7.30. The minimum atomic E-state index is -0.553. The molecule has 0 aliphatic carbocycles. The maximum Gasteiger partial charge on any atom is 0.180 e. The first-order valence-corrected chi connectivity index (χ1v) is 7.76. The summed E-state index contributed by atoms with van der Waals surface area (Å²) in [7, 11) is 0.